The minimum atomic E-state index is -0.0681. The van der Waals surface area contributed by atoms with Crippen LogP contribution < -0.4 is 11.1 Å². The highest BCUT2D eigenvalue weighted by Crippen LogP contribution is 2.02. The van der Waals surface area contributed by atoms with Crippen LogP contribution in [0.4, 0.5) is 5.69 Å². The van der Waals surface area contributed by atoms with E-state index in [1.807, 2.05) is 24.6 Å². The number of carbonyl (C=O) groups is 1. The number of nitrogen functional groups attached to an aromatic ring is 1. The predicted octanol–water partition coefficient (Wildman–Crippen LogP) is 0.485. The Balaban J connectivity index is 1.68. The third-order valence-electron chi connectivity index (χ3n) is 2.93. The lowest BCUT2D eigenvalue weighted by Crippen LogP contribution is -2.29. The average Bonchev–Trinajstić information content (AvgIpc) is 2.91. The Labute approximate surface area is 117 Å². The van der Waals surface area contributed by atoms with Crippen LogP contribution in [0.25, 0.3) is 0 Å². The molecule has 2 aromatic heterocycles. The van der Waals surface area contributed by atoms with Gasteiger partial charge >= 0.3 is 0 Å². The lowest BCUT2D eigenvalue weighted by molar-refractivity contribution is -0.121. The summed E-state index contributed by atoms with van der Waals surface area (Å²) in [6.07, 6.45) is 4.00. The minimum Gasteiger partial charge on any atom is -0.396 e. The van der Waals surface area contributed by atoms with Crippen LogP contribution in [-0.4, -0.2) is 32.0 Å². The topological polar surface area (TPSA) is 90.8 Å². The van der Waals surface area contributed by atoms with Crippen molar-refractivity contribution in [2.75, 3.05) is 12.3 Å². The third kappa shape index (κ3) is 3.84. The fourth-order valence-corrected chi connectivity index (χ4v) is 2.03. The summed E-state index contributed by atoms with van der Waals surface area (Å²) in [4.78, 5) is 11.7. The highest BCUT2D eigenvalue weighted by atomic mass is 16.2. The van der Waals surface area contributed by atoms with Crippen molar-refractivity contribution in [2.45, 2.75) is 33.4 Å². The van der Waals surface area contributed by atoms with Crippen molar-refractivity contribution in [3.63, 3.8) is 0 Å². The Kier molecular flexibility index (Phi) is 4.39. The molecule has 7 nitrogen and oxygen atoms in total. The molecule has 0 atom stereocenters. The van der Waals surface area contributed by atoms with Crippen LogP contribution in [0.1, 0.15) is 17.8 Å². The first-order chi connectivity index (χ1) is 9.54. The van der Waals surface area contributed by atoms with Crippen molar-refractivity contribution in [1.29, 1.82) is 0 Å². The molecule has 0 unspecified atom stereocenters. The number of hydrogen-bond acceptors (Lipinski definition) is 4. The summed E-state index contributed by atoms with van der Waals surface area (Å²) in [7, 11) is 0. The summed E-state index contributed by atoms with van der Waals surface area (Å²) in [6, 6.07) is 2.04. The van der Waals surface area contributed by atoms with Gasteiger partial charge in [0.05, 0.1) is 17.6 Å². The minimum absolute atomic E-state index is 0.0681. The Hall–Kier alpha value is -2.31. The monoisotopic (exact) mass is 276 g/mol. The predicted molar refractivity (Wildman–Crippen MR) is 76.0 cm³/mol. The second-order valence-corrected chi connectivity index (χ2v) is 4.82. The van der Waals surface area contributed by atoms with E-state index in [-0.39, 0.29) is 12.5 Å². The maximum Gasteiger partial charge on any atom is 0.241 e. The number of anilines is 1. The zero-order valence-corrected chi connectivity index (χ0v) is 11.8. The van der Waals surface area contributed by atoms with Gasteiger partial charge in [0.15, 0.2) is 0 Å². The molecule has 0 aliphatic carbocycles. The van der Waals surface area contributed by atoms with E-state index in [0.29, 0.717) is 12.2 Å². The van der Waals surface area contributed by atoms with Crippen molar-refractivity contribution in [1.82, 2.24) is 24.9 Å². The molecule has 0 bridgehead atoms. The van der Waals surface area contributed by atoms with Gasteiger partial charge in [0.25, 0.3) is 0 Å². The maximum absolute atomic E-state index is 11.7. The van der Waals surface area contributed by atoms with Crippen LogP contribution in [0.3, 0.4) is 0 Å². The van der Waals surface area contributed by atoms with Gasteiger partial charge < -0.3 is 11.1 Å². The first-order valence-corrected chi connectivity index (χ1v) is 6.60. The molecule has 0 fully saturated rings. The molecule has 2 heterocycles. The molecule has 0 aromatic carbocycles. The molecule has 0 radical (unpaired) electrons. The molecule has 3 N–H and O–H groups in total. The maximum atomic E-state index is 11.7. The number of carbonyl (C=O) groups excluding carboxylic acids is 1. The standard InChI is InChI=1S/C13H20N6O/c1-10-6-11(2)19(17-10)5-3-4-15-13(20)9-18-8-12(14)7-16-18/h6-8H,3-5,9,14H2,1-2H3,(H,15,20). The number of rotatable bonds is 6. The Bertz CT molecular complexity index is 585. The zero-order valence-electron chi connectivity index (χ0n) is 11.8. The molecule has 20 heavy (non-hydrogen) atoms. The van der Waals surface area contributed by atoms with Gasteiger partial charge in [0, 0.05) is 25.0 Å². The van der Waals surface area contributed by atoms with Gasteiger partial charge in [0.1, 0.15) is 6.54 Å². The summed E-state index contributed by atoms with van der Waals surface area (Å²) in [5.41, 5.74) is 8.25. The van der Waals surface area contributed by atoms with Crippen LogP contribution in [0.2, 0.25) is 0 Å². The molecule has 108 valence electrons. The van der Waals surface area contributed by atoms with Crippen molar-refractivity contribution >= 4 is 11.6 Å². The first-order valence-electron chi connectivity index (χ1n) is 6.60. The van der Waals surface area contributed by atoms with E-state index in [4.69, 9.17) is 5.73 Å². The quantitative estimate of drug-likeness (QED) is 0.751. The third-order valence-corrected chi connectivity index (χ3v) is 2.93. The summed E-state index contributed by atoms with van der Waals surface area (Å²) in [5.74, 6) is -0.0681. The summed E-state index contributed by atoms with van der Waals surface area (Å²) in [6.45, 7) is 5.61. The van der Waals surface area contributed by atoms with Gasteiger partial charge in [0.2, 0.25) is 5.91 Å². The number of amides is 1. The van der Waals surface area contributed by atoms with Crippen LogP contribution in [-0.2, 0) is 17.9 Å². The van der Waals surface area contributed by atoms with Gasteiger partial charge in [-0.15, -0.1) is 0 Å². The molecule has 7 heteroatoms. The Morgan fingerprint density at radius 2 is 2.25 bits per heavy atom. The van der Waals surface area contributed by atoms with E-state index in [0.717, 1.165) is 24.4 Å². The first kappa shape index (κ1) is 14.1. The van der Waals surface area contributed by atoms with E-state index in [9.17, 15) is 4.79 Å². The highest BCUT2D eigenvalue weighted by Gasteiger charge is 2.04. The SMILES string of the molecule is Cc1cc(C)n(CCCNC(=O)Cn2cc(N)cn2)n1. The van der Waals surface area contributed by atoms with Gasteiger partial charge in [-0.1, -0.05) is 0 Å². The molecule has 2 aromatic rings. The molecule has 0 saturated heterocycles. The number of nitrogens with one attached hydrogen (secondary N) is 1. The Morgan fingerprint density at radius 3 is 2.85 bits per heavy atom. The smallest absolute Gasteiger partial charge is 0.241 e. The number of hydrogen-bond donors (Lipinski definition) is 2. The number of nitrogens with zero attached hydrogens (tertiary/aromatic N) is 4. The van der Waals surface area contributed by atoms with Crippen LogP contribution in [0.5, 0.6) is 0 Å². The van der Waals surface area contributed by atoms with Crippen LogP contribution >= 0.6 is 0 Å². The fraction of sp³-hybridized carbons (Fsp3) is 0.462. The molecule has 0 aliphatic rings. The zero-order chi connectivity index (χ0) is 14.5. The van der Waals surface area contributed by atoms with E-state index >= 15 is 0 Å². The lowest BCUT2D eigenvalue weighted by atomic mass is 10.4. The number of aromatic nitrogens is 4. The van der Waals surface area contributed by atoms with Crippen LogP contribution in [0.15, 0.2) is 18.5 Å². The van der Waals surface area contributed by atoms with Crippen molar-refractivity contribution < 1.29 is 4.79 Å². The molecule has 1 amide bonds. The van der Waals surface area contributed by atoms with Crippen molar-refractivity contribution in [3.05, 3.63) is 29.8 Å². The molecular weight excluding hydrogens is 256 g/mol. The van der Waals surface area contributed by atoms with E-state index in [2.05, 4.69) is 15.5 Å². The second-order valence-electron chi connectivity index (χ2n) is 4.82. The number of nitrogens with two attached hydrogens (primary N) is 1. The van der Waals surface area contributed by atoms with E-state index in [1.54, 1.807) is 6.20 Å². The molecular formula is C13H20N6O. The average molecular weight is 276 g/mol. The second kappa shape index (κ2) is 6.23. The van der Waals surface area contributed by atoms with E-state index in [1.165, 1.54) is 10.9 Å². The summed E-state index contributed by atoms with van der Waals surface area (Å²) < 4.78 is 3.47. The molecule has 0 aliphatic heterocycles. The summed E-state index contributed by atoms with van der Waals surface area (Å²) in [5, 5.41) is 11.2. The molecule has 0 saturated carbocycles. The molecule has 2 rings (SSSR count). The van der Waals surface area contributed by atoms with Gasteiger partial charge in [-0.25, -0.2) is 0 Å². The van der Waals surface area contributed by atoms with E-state index < -0.39 is 0 Å². The van der Waals surface area contributed by atoms with Gasteiger partial charge in [-0.3, -0.25) is 14.2 Å². The summed E-state index contributed by atoms with van der Waals surface area (Å²) >= 11 is 0. The van der Waals surface area contributed by atoms with Crippen LogP contribution in [0, 0.1) is 13.8 Å². The van der Waals surface area contributed by atoms with Gasteiger partial charge in [-0.2, -0.15) is 10.2 Å². The largest absolute Gasteiger partial charge is 0.396 e. The fourth-order valence-electron chi connectivity index (χ4n) is 2.03. The molecule has 0 spiro atoms. The normalized spacial score (nSPS) is 10.7. The Morgan fingerprint density at radius 1 is 1.45 bits per heavy atom. The highest BCUT2D eigenvalue weighted by molar-refractivity contribution is 5.75. The van der Waals surface area contributed by atoms with Gasteiger partial charge in [-0.05, 0) is 26.3 Å². The van der Waals surface area contributed by atoms with Crippen molar-refractivity contribution in [3.8, 4) is 0 Å². The lowest BCUT2D eigenvalue weighted by Gasteiger charge is -2.06. The van der Waals surface area contributed by atoms with Crippen molar-refractivity contribution in [2.24, 2.45) is 0 Å². The number of aryl methyl sites for hydroxylation is 3.